The normalized spacial score (nSPS) is 10.3. The third-order valence-electron chi connectivity index (χ3n) is 2.04. The Morgan fingerprint density at radius 1 is 1.44 bits per heavy atom. The summed E-state index contributed by atoms with van der Waals surface area (Å²) >= 11 is 1.22. The van der Waals surface area contributed by atoms with Crippen LogP contribution in [0.1, 0.15) is 36.0 Å². The fourth-order valence-corrected chi connectivity index (χ4v) is 2.31. The second-order valence-electron chi connectivity index (χ2n) is 4.10. The summed E-state index contributed by atoms with van der Waals surface area (Å²) in [5, 5.41) is 6.04. The molecule has 0 saturated carbocycles. The smallest absolute Gasteiger partial charge is 0.348 e. The van der Waals surface area contributed by atoms with Gasteiger partial charge in [0, 0.05) is 6.04 Å². The van der Waals surface area contributed by atoms with Crippen LogP contribution in [-0.4, -0.2) is 24.6 Å². The van der Waals surface area contributed by atoms with Gasteiger partial charge in [-0.05, 0) is 39.3 Å². The van der Waals surface area contributed by atoms with Gasteiger partial charge in [-0.3, -0.25) is 5.32 Å². The van der Waals surface area contributed by atoms with Gasteiger partial charge in [0.2, 0.25) is 0 Å². The number of hydrogen-bond donors (Lipinski definition) is 2. The predicted molar refractivity (Wildman–Crippen MR) is 72.3 cm³/mol. The molecule has 0 unspecified atom stereocenters. The van der Waals surface area contributed by atoms with Gasteiger partial charge in [0.25, 0.3) is 0 Å². The molecule has 0 bridgehead atoms. The van der Waals surface area contributed by atoms with Crippen molar-refractivity contribution in [3.05, 3.63) is 16.5 Å². The van der Waals surface area contributed by atoms with Crippen molar-refractivity contribution < 1.29 is 14.3 Å². The molecule has 100 valence electrons. The highest BCUT2D eigenvalue weighted by Crippen LogP contribution is 2.27. The number of thiophene rings is 1. The van der Waals surface area contributed by atoms with Gasteiger partial charge in [0.05, 0.1) is 11.6 Å². The first-order valence-corrected chi connectivity index (χ1v) is 6.60. The first kappa shape index (κ1) is 14.5. The number of ether oxygens (including phenoxy) is 1. The topological polar surface area (TPSA) is 67.4 Å². The summed E-state index contributed by atoms with van der Waals surface area (Å²) in [6, 6.07) is 1.55. The number of urea groups is 1. The summed E-state index contributed by atoms with van der Waals surface area (Å²) < 4.78 is 4.93. The van der Waals surface area contributed by atoms with Crippen molar-refractivity contribution in [2.45, 2.75) is 33.7 Å². The fraction of sp³-hybridized carbons (Fsp3) is 0.500. The van der Waals surface area contributed by atoms with E-state index >= 15 is 0 Å². The van der Waals surface area contributed by atoms with E-state index in [1.165, 1.54) is 11.3 Å². The lowest BCUT2D eigenvalue weighted by atomic mass is 10.3. The summed E-state index contributed by atoms with van der Waals surface area (Å²) in [4.78, 5) is 23.6. The van der Waals surface area contributed by atoms with Gasteiger partial charge in [-0.25, -0.2) is 9.59 Å². The van der Waals surface area contributed by atoms with Crippen LogP contribution in [0, 0.1) is 6.92 Å². The molecule has 0 atom stereocenters. The van der Waals surface area contributed by atoms with E-state index < -0.39 is 0 Å². The van der Waals surface area contributed by atoms with Crippen molar-refractivity contribution >= 4 is 28.3 Å². The number of aryl methyl sites for hydroxylation is 1. The van der Waals surface area contributed by atoms with Crippen molar-refractivity contribution in [2.75, 3.05) is 11.9 Å². The molecule has 0 saturated heterocycles. The number of nitrogens with one attached hydrogen (secondary N) is 2. The molecule has 6 heteroatoms. The van der Waals surface area contributed by atoms with Crippen LogP contribution in [0.15, 0.2) is 6.07 Å². The Balaban J connectivity index is 2.72. The molecule has 0 aliphatic heterocycles. The monoisotopic (exact) mass is 270 g/mol. The quantitative estimate of drug-likeness (QED) is 0.827. The van der Waals surface area contributed by atoms with E-state index in [0.717, 1.165) is 5.56 Å². The highest BCUT2D eigenvalue weighted by atomic mass is 32.1. The molecule has 0 radical (unpaired) electrons. The molecule has 2 amide bonds. The molecule has 1 aromatic heterocycles. The van der Waals surface area contributed by atoms with Crippen LogP contribution in [0.2, 0.25) is 0 Å². The standard InChI is InChI=1S/C12H18N2O3S/c1-5-17-11(15)10-8(4)6-9(18-10)14-12(16)13-7(2)3/h6-7H,5H2,1-4H3,(H2,13,14,16). The lowest BCUT2D eigenvalue weighted by Crippen LogP contribution is -2.33. The van der Waals surface area contributed by atoms with Gasteiger partial charge in [-0.1, -0.05) is 0 Å². The van der Waals surface area contributed by atoms with Crippen molar-refractivity contribution in [1.82, 2.24) is 5.32 Å². The van der Waals surface area contributed by atoms with Crippen LogP contribution in [0.25, 0.3) is 0 Å². The minimum Gasteiger partial charge on any atom is -0.462 e. The number of carbonyl (C=O) groups excluding carboxylic acids is 2. The number of carbonyl (C=O) groups is 2. The average molecular weight is 270 g/mol. The van der Waals surface area contributed by atoms with E-state index in [1.54, 1.807) is 13.0 Å². The molecule has 0 spiro atoms. The lowest BCUT2D eigenvalue weighted by molar-refractivity contribution is 0.0531. The number of anilines is 1. The van der Waals surface area contributed by atoms with Gasteiger partial charge in [-0.2, -0.15) is 0 Å². The third kappa shape index (κ3) is 4.03. The summed E-state index contributed by atoms with van der Waals surface area (Å²) in [7, 11) is 0. The second-order valence-corrected chi connectivity index (χ2v) is 5.15. The Kier molecular flexibility index (Phi) is 5.15. The first-order chi connectivity index (χ1) is 8.43. The summed E-state index contributed by atoms with van der Waals surface area (Å²) in [6.45, 7) is 7.67. The number of amides is 2. The van der Waals surface area contributed by atoms with Crippen molar-refractivity contribution in [2.24, 2.45) is 0 Å². The minimum atomic E-state index is -0.350. The van der Waals surface area contributed by atoms with E-state index in [0.29, 0.717) is 16.5 Å². The Morgan fingerprint density at radius 3 is 2.67 bits per heavy atom. The first-order valence-electron chi connectivity index (χ1n) is 5.79. The van der Waals surface area contributed by atoms with Gasteiger partial charge in [0.15, 0.2) is 0 Å². The van der Waals surface area contributed by atoms with E-state index in [1.807, 2.05) is 20.8 Å². The molecule has 1 aromatic rings. The van der Waals surface area contributed by atoms with E-state index in [2.05, 4.69) is 10.6 Å². The van der Waals surface area contributed by atoms with Gasteiger partial charge in [-0.15, -0.1) is 11.3 Å². The number of esters is 1. The summed E-state index contributed by atoms with van der Waals surface area (Å²) in [6.07, 6.45) is 0. The molecule has 18 heavy (non-hydrogen) atoms. The van der Waals surface area contributed by atoms with E-state index in [-0.39, 0.29) is 18.0 Å². The largest absolute Gasteiger partial charge is 0.462 e. The molecule has 0 fully saturated rings. The third-order valence-corrected chi connectivity index (χ3v) is 3.17. The van der Waals surface area contributed by atoms with Crippen LogP contribution in [0.3, 0.4) is 0 Å². The highest BCUT2D eigenvalue weighted by molar-refractivity contribution is 7.18. The average Bonchev–Trinajstić information content (AvgIpc) is 2.58. The molecular weight excluding hydrogens is 252 g/mol. The summed E-state index contributed by atoms with van der Waals surface area (Å²) in [5.41, 5.74) is 0.804. The highest BCUT2D eigenvalue weighted by Gasteiger charge is 2.15. The zero-order valence-electron chi connectivity index (χ0n) is 11.0. The molecule has 2 N–H and O–H groups in total. The molecule has 0 aliphatic rings. The van der Waals surface area contributed by atoms with Crippen molar-refractivity contribution in [3.63, 3.8) is 0 Å². The molecule has 1 heterocycles. The van der Waals surface area contributed by atoms with E-state index in [9.17, 15) is 9.59 Å². The molecule has 5 nitrogen and oxygen atoms in total. The molecule has 0 aliphatic carbocycles. The van der Waals surface area contributed by atoms with Crippen LogP contribution in [-0.2, 0) is 4.74 Å². The van der Waals surface area contributed by atoms with Gasteiger partial charge < -0.3 is 10.1 Å². The Morgan fingerprint density at radius 2 is 2.11 bits per heavy atom. The Labute approximate surface area is 111 Å². The van der Waals surface area contributed by atoms with Gasteiger partial charge >= 0.3 is 12.0 Å². The van der Waals surface area contributed by atoms with Gasteiger partial charge in [0.1, 0.15) is 4.88 Å². The zero-order chi connectivity index (χ0) is 13.7. The number of rotatable bonds is 4. The predicted octanol–water partition coefficient (Wildman–Crippen LogP) is 2.76. The number of hydrogen-bond acceptors (Lipinski definition) is 4. The molecular formula is C12H18N2O3S. The van der Waals surface area contributed by atoms with Crippen LogP contribution in [0.4, 0.5) is 9.80 Å². The Bertz CT molecular complexity index is 441. The van der Waals surface area contributed by atoms with E-state index in [4.69, 9.17) is 4.74 Å². The maximum absolute atomic E-state index is 11.6. The molecule has 1 rings (SSSR count). The zero-order valence-corrected chi connectivity index (χ0v) is 11.8. The van der Waals surface area contributed by atoms with Crippen molar-refractivity contribution in [3.8, 4) is 0 Å². The molecule has 0 aromatic carbocycles. The Hall–Kier alpha value is -1.56. The second kappa shape index (κ2) is 6.39. The summed E-state index contributed by atoms with van der Waals surface area (Å²) in [5.74, 6) is -0.350. The maximum atomic E-state index is 11.6. The van der Waals surface area contributed by atoms with Crippen LogP contribution < -0.4 is 10.6 Å². The maximum Gasteiger partial charge on any atom is 0.348 e. The fourth-order valence-electron chi connectivity index (χ4n) is 1.35. The van der Waals surface area contributed by atoms with Crippen molar-refractivity contribution in [1.29, 1.82) is 0 Å². The van der Waals surface area contributed by atoms with Crippen LogP contribution in [0.5, 0.6) is 0 Å². The SMILES string of the molecule is CCOC(=O)c1sc(NC(=O)NC(C)C)cc1C. The lowest BCUT2D eigenvalue weighted by Gasteiger charge is -2.08. The van der Waals surface area contributed by atoms with Crippen LogP contribution >= 0.6 is 11.3 Å². The minimum absolute atomic E-state index is 0.0654.